The summed E-state index contributed by atoms with van der Waals surface area (Å²) in [6.07, 6.45) is 1.65. The van der Waals surface area contributed by atoms with Crippen LogP contribution in [-0.2, 0) is 20.1 Å². The molecule has 0 unspecified atom stereocenters. The van der Waals surface area contributed by atoms with Gasteiger partial charge in [-0.3, -0.25) is 4.68 Å². The highest BCUT2D eigenvalue weighted by Crippen LogP contribution is 2.38. The van der Waals surface area contributed by atoms with Gasteiger partial charge in [0.05, 0.1) is 24.2 Å². The molecule has 1 aliphatic heterocycles. The Kier molecular flexibility index (Phi) is 2.50. The topological polar surface area (TPSA) is 72.9 Å². The van der Waals surface area contributed by atoms with E-state index in [9.17, 15) is 0 Å². The maximum atomic E-state index is 6.08. The first-order valence-corrected chi connectivity index (χ1v) is 7.63. The predicted octanol–water partition coefficient (Wildman–Crippen LogP) is 2.14. The van der Waals surface area contributed by atoms with Crippen LogP contribution in [0.3, 0.4) is 0 Å². The lowest BCUT2D eigenvalue weighted by molar-refractivity contribution is 0.732. The van der Waals surface area contributed by atoms with Crippen molar-refractivity contribution in [3.8, 4) is 0 Å². The fourth-order valence-electron chi connectivity index (χ4n) is 2.92. The molecule has 2 N–H and O–H groups in total. The average molecular weight is 300 g/mol. The minimum atomic E-state index is 0.746. The van der Waals surface area contributed by atoms with Gasteiger partial charge < -0.3 is 10.6 Å². The van der Waals surface area contributed by atoms with Crippen LogP contribution in [-0.4, -0.2) is 19.7 Å². The molecule has 108 valence electrons. The Morgan fingerprint density at radius 3 is 2.81 bits per heavy atom. The molecule has 1 aliphatic rings. The van der Waals surface area contributed by atoms with E-state index in [2.05, 4.69) is 33.8 Å². The van der Waals surface area contributed by atoms with Crippen molar-refractivity contribution in [2.24, 2.45) is 7.05 Å². The molecule has 6 nitrogen and oxygen atoms in total. The van der Waals surface area contributed by atoms with Gasteiger partial charge in [-0.2, -0.15) is 5.10 Å². The molecule has 0 amide bonds. The van der Waals surface area contributed by atoms with Crippen molar-refractivity contribution in [2.75, 3.05) is 10.6 Å². The predicted molar refractivity (Wildman–Crippen MR) is 84.4 cm³/mol. The number of aryl methyl sites for hydroxylation is 3. The van der Waals surface area contributed by atoms with Gasteiger partial charge in [-0.1, -0.05) is 0 Å². The quantitative estimate of drug-likeness (QED) is 0.745. The number of hydrogen-bond acceptors (Lipinski definition) is 6. The van der Waals surface area contributed by atoms with Gasteiger partial charge in [0.1, 0.15) is 22.8 Å². The monoisotopic (exact) mass is 300 g/mol. The van der Waals surface area contributed by atoms with Crippen molar-refractivity contribution in [1.82, 2.24) is 19.7 Å². The number of nitrogens with zero attached hydrogens (tertiary/aromatic N) is 5. The zero-order valence-corrected chi connectivity index (χ0v) is 13.0. The summed E-state index contributed by atoms with van der Waals surface area (Å²) in [7, 11) is 1.88. The summed E-state index contributed by atoms with van der Waals surface area (Å²) in [6, 6.07) is 0. The van der Waals surface area contributed by atoms with Crippen molar-refractivity contribution in [1.29, 1.82) is 0 Å². The number of nitrogens with two attached hydrogens (primary N) is 1. The highest BCUT2D eigenvalue weighted by atomic mass is 32.1. The number of fused-ring (bicyclic) bond motifs is 2. The maximum absolute atomic E-state index is 6.08. The summed E-state index contributed by atoms with van der Waals surface area (Å²) in [5.74, 6) is 1.73. The Morgan fingerprint density at radius 2 is 2.05 bits per heavy atom. The van der Waals surface area contributed by atoms with Gasteiger partial charge in [0, 0.05) is 17.5 Å². The molecule has 7 heteroatoms. The molecule has 4 heterocycles. The van der Waals surface area contributed by atoms with Crippen molar-refractivity contribution < 1.29 is 0 Å². The number of hydrogen-bond donors (Lipinski definition) is 1. The molecule has 0 saturated heterocycles. The van der Waals surface area contributed by atoms with E-state index in [1.807, 2.05) is 7.05 Å². The van der Waals surface area contributed by atoms with E-state index in [-0.39, 0.29) is 0 Å². The number of anilines is 2. The van der Waals surface area contributed by atoms with Gasteiger partial charge in [0.2, 0.25) is 0 Å². The van der Waals surface area contributed by atoms with Crippen LogP contribution in [0.2, 0.25) is 0 Å². The van der Waals surface area contributed by atoms with Crippen LogP contribution < -0.4 is 10.6 Å². The van der Waals surface area contributed by atoms with Crippen LogP contribution in [0.15, 0.2) is 6.33 Å². The van der Waals surface area contributed by atoms with Crippen molar-refractivity contribution in [3.63, 3.8) is 0 Å². The van der Waals surface area contributed by atoms with Crippen LogP contribution in [0, 0.1) is 13.8 Å². The molecule has 0 fully saturated rings. The van der Waals surface area contributed by atoms with E-state index in [1.54, 1.807) is 22.3 Å². The Labute approximate surface area is 126 Å². The smallest absolute Gasteiger partial charge is 0.141 e. The summed E-state index contributed by atoms with van der Waals surface area (Å²) < 4.78 is 1.75. The average Bonchev–Trinajstić information content (AvgIpc) is 3.07. The summed E-state index contributed by atoms with van der Waals surface area (Å²) >= 11 is 1.72. The molecule has 3 aromatic rings. The standard InChI is InChI=1S/C14H16N6S/c1-7-8(2)21-14-11(7)13(16-6-17-14)20-4-9-10(5-20)18-19(3)12(9)15/h6H,4-5,15H2,1-3H3. The van der Waals surface area contributed by atoms with Gasteiger partial charge in [-0.15, -0.1) is 11.3 Å². The maximum Gasteiger partial charge on any atom is 0.141 e. The van der Waals surface area contributed by atoms with Crippen molar-refractivity contribution in [2.45, 2.75) is 26.9 Å². The normalized spacial score (nSPS) is 14.1. The second kappa shape index (κ2) is 4.17. The summed E-state index contributed by atoms with van der Waals surface area (Å²) in [5, 5.41) is 5.64. The molecular weight excluding hydrogens is 284 g/mol. The minimum absolute atomic E-state index is 0.746. The highest BCUT2D eigenvalue weighted by Gasteiger charge is 2.28. The zero-order chi connectivity index (χ0) is 14.7. The summed E-state index contributed by atoms with van der Waals surface area (Å²) in [6.45, 7) is 5.77. The van der Waals surface area contributed by atoms with E-state index >= 15 is 0 Å². The largest absolute Gasteiger partial charge is 0.384 e. The lowest BCUT2D eigenvalue weighted by Crippen LogP contribution is -2.18. The first-order valence-electron chi connectivity index (χ1n) is 6.82. The second-order valence-corrected chi connectivity index (χ2v) is 6.65. The van der Waals surface area contributed by atoms with Crippen LogP contribution in [0.25, 0.3) is 10.2 Å². The molecule has 0 radical (unpaired) electrons. The lowest BCUT2D eigenvalue weighted by Gasteiger charge is -2.18. The fraction of sp³-hybridized carbons (Fsp3) is 0.357. The van der Waals surface area contributed by atoms with Gasteiger partial charge in [0.15, 0.2) is 0 Å². The number of nitrogen functional groups attached to an aromatic ring is 1. The summed E-state index contributed by atoms with van der Waals surface area (Å²) in [5.41, 5.74) is 9.52. The van der Waals surface area contributed by atoms with E-state index in [0.29, 0.717) is 0 Å². The minimum Gasteiger partial charge on any atom is -0.384 e. The second-order valence-electron chi connectivity index (χ2n) is 5.45. The lowest BCUT2D eigenvalue weighted by atomic mass is 10.2. The van der Waals surface area contributed by atoms with Crippen LogP contribution >= 0.6 is 11.3 Å². The van der Waals surface area contributed by atoms with E-state index in [1.165, 1.54) is 10.4 Å². The zero-order valence-electron chi connectivity index (χ0n) is 12.2. The Bertz CT molecular complexity index is 862. The third kappa shape index (κ3) is 1.67. The molecule has 4 rings (SSSR count). The van der Waals surface area contributed by atoms with Crippen LogP contribution in [0.1, 0.15) is 21.7 Å². The van der Waals surface area contributed by atoms with E-state index in [0.717, 1.165) is 46.2 Å². The SMILES string of the molecule is Cc1sc2ncnc(N3Cc4nn(C)c(N)c4C3)c2c1C. The fourth-order valence-corrected chi connectivity index (χ4v) is 3.91. The van der Waals surface area contributed by atoms with Crippen LogP contribution in [0.4, 0.5) is 11.6 Å². The van der Waals surface area contributed by atoms with Gasteiger partial charge in [-0.25, -0.2) is 9.97 Å². The molecule has 3 aromatic heterocycles. The molecule has 0 aromatic carbocycles. The van der Waals surface area contributed by atoms with Gasteiger partial charge in [0.25, 0.3) is 0 Å². The van der Waals surface area contributed by atoms with Crippen molar-refractivity contribution in [3.05, 3.63) is 28.0 Å². The third-order valence-corrected chi connectivity index (χ3v) is 5.33. The third-order valence-electron chi connectivity index (χ3n) is 4.21. The molecule has 0 aliphatic carbocycles. The Balaban J connectivity index is 1.82. The first-order chi connectivity index (χ1) is 10.1. The first kappa shape index (κ1) is 12.6. The Morgan fingerprint density at radius 1 is 1.24 bits per heavy atom. The Hall–Kier alpha value is -2.15. The molecular formula is C14H16N6S. The molecule has 0 saturated carbocycles. The number of aromatic nitrogens is 4. The number of rotatable bonds is 1. The molecule has 0 bridgehead atoms. The summed E-state index contributed by atoms with van der Waals surface area (Å²) in [4.78, 5) is 13.5. The molecule has 21 heavy (non-hydrogen) atoms. The van der Waals surface area contributed by atoms with E-state index < -0.39 is 0 Å². The van der Waals surface area contributed by atoms with E-state index in [4.69, 9.17) is 5.73 Å². The van der Waals surface area contributed by atoms with Crippen LogP contribution in [0.5, 0.6) is 0 Å². The highest BCUT2D eigenvalue weighted by molar-refractivity contribution is 7.18. The van der Waals surface area contributed by atoms with Gasteiger partial charge in [-0.05, 0) is 19.4 Å². The van der Waals surface area contributed by atoms with Crippen molar-refractivity contribution >= 4 is 33.2 Å². The number of thiophene rings is 1. The molecule has 0 spiro atoms. The molecule has 0 atom stereocenters. The van der Waals surface area contributed by atoms with Gasteiger partial charge >= 0.3 is 0 Å².